The lowest BCUT2D eigenvalue weighted by molar-refractivity contribution is 0.293. The highest BCUT2D eigenvalue weighted by atomic mass is 19.2. The maximum Gasteiger partial charge on any atom is 0.166 e. The molecule has 0 atom stereocenters. The van der Waals surface area contributed by atoms with Gasteiger partial charge in [-0.15, -0.1) is 0 Å². The molecule has 2 nitrogen and oxygen atoms in total. The van der Waals surface area contributed by atoms with Crippen LogP contribution in [-0.4, -0.2) is 13.2 Å². The van der Waals surface area contributed by atoms with Crippen molar-refractivity contribution < 1.29 is 22.6 Å². The Morgan fingerprint density at radius 2 is 1.35 bits per heavy atom. The third-order valence-corrected chi connectivity index (χ3v) is 7.39. The van der Waals surface area contributed by atoms with E-state index < -0.39 is 11.6 Å². The van der Waals surface area contributed by atoms with Crippen molar-refractivity contribution in [3.63, 3.8) is 0 Å². The summed E-state index contributed by atoms with van der Waals surface area (Å²) in [6, 6.07) is 15.8. The van der Waals surface area contributed by atoms with Gasteiger partial charge in [-0.05, 0) is 91.3 Å². The van der Waals surface area contributed by atoms with Crippen LogP contribution in [0.3, 0.4) is 0 Å². The van der Waals surface area contributed by atoms with E-state index in [-0.39, 0.29) is 23.2 Å². The van der Waals surface area contributed by atoms with E-state index in [2.05, 4.69) is 13.8 Å². The molecule has 0 heterocycles. The minimum atomic E-state index is -0.806. The van der Waals surface area contributed by atoms with Gasteiger partial charge in [-0.2, -0.15) is 0 Å². The van der Waals surface area contributed by atoms with E-state index >= 15 is 8.78 Å². The maximum atomic E-state index is 15.2. The van der Waals surface area contributed by atoms with Gasteiger partial charge in [-0.3, -0.25) is 0 Å². The summed E-state index contributed by atoms with van der Waals surface area (Å²) < 4.78 is 56.0. The first-order valence-electron chi connectivity index (χ1n) is 13.6. The van der Waals surface area contributed by atoms with Crippen LogP contribution in [0, 0.1) is 17.5 Å². The van der Waals surface area contributed by atoms with Gasteiger partial charge >= 0.3 is 0 Å². The smallest absolute Gasteiger partial charge is 0.166 e. The highest BCUT2D eigenvalue weighted by Crippen LogP contribution is 2.43. The summed E-state index contributed by atoms with van der Waals surface area (Å²) in [6.07, 6.45) is 7.01. The normalized spacial score (nSPS) is 17.5. The fraction of sp³-hybridized carbons (Fsp3) is 0.438. The minimum absolute atomic E-state index is 0.0457. The molecular weight excluding hydrogens is 473 g/mol. The zero-order valence-corrected chi connectivity index (χ0v) is 21.9. The van der Waals surface area contributed by atoms with Crippen molar-refractivity contribution in [3.05, 3.63) is 83.2 Å². The van der Waals surface area contributed by atoms with Crippen LogP contribution in [0.4, 0.5) is 13.2 Å². The molecule has 0 amide bonds. The monoisotopic (exact) mass is 510 g/mol. The number of hydrogen-bond donors (Lipinski definition) is 0. The lowest BCUT2D eigenvalue weighted by Gasteiger charge is -2.29. The van der Waals surface area contributed by atoms with Gasteiger partial charge in [0, 0.05) is 5.56 Å². The summed E-state index contributed by atoms with van der Waals surface area (Å²) in [4.78, 5) is 0. The molecule has 3 aromatic rings. The molecule has 1 aliphatic rings. The first-order chi connectivity index (χ1) is 18.0. The maximum absolute atomic E-state index is 15.2. The minimum Gasteiger partial charge on any atom is -0.494 e. The van der Waals surface area contributed by atoms with Crippen molar-refractivity contribution in [2.24, 2.45) is 0 Å². The van der Waals surface area contributed by atoms with Crippen molar-refractivity contribution in [2.75, 3.05) is 13.2 Å². The molecule has 37 heavy (non-hydrogen) atoms. The molecule has 0 aromatic heterocycles. The second-order valence-corrected chi connectivity index (χ2v) is 10.00. The molecule has 4 rings (SSSR count). The van der Waals surface area contributed by atoms with Crippen LogP contribution >= 0.6 is 0 Å². The Morgan fingerprint density at radius 3 is 2.00 bits per heavy atom. The molecule has 3 aromatic carbocycles. The molecule has 0 radical (unpaired) electrons. The Bertz CT molecular complexity index is 1150. The fourth-order valence-corrected chi connectivity index (χ4v) is 5.12. The van der Waals surface area contributed by atoms with Crippen molar-refractivity contribution in [3.8, 4) is 22.6 Å². The number of rotatable bonds is 11. The quantitative estimate of drug-likeness (QED) is 0.239. The summed E-state index contributed by atoms with van der Waals surface area (Å²) in [7, 11) is 0. The van der Waals surface area contributed by atoms with E-state index in [1.54, 1.807) is 48.5 Å². The number of unbranched alkanes of at least 4 members (excludes halogenated alkanes) is 2. The fourth-order valence-electron chi connectivity index (χ4n) is 5.12. The molecule has 0 saturated heterocycles. The van der Waals surface area contributed by atoms with Gasteiger partial charge in [0.1, 0.15) is 5.75 Å². The average Bonchev–Trinajstić information content (AvgIpc) is 2.92. The summed E-state index contributed by atoms with van der Waals surface area (Å²) in [5.74, 6) is -0.715. The highest BCUT2D eigenvalue weighted by Gasteiger charge is 2.27. The standard InChI is InChI=1S/C32H37F3O2/c1-3-5-19-36-26-14-11-24(12-15-26)28-17-16-27(31(34)32(28)35)23-9-7-22(8-10-23)25-13-18-30(29(33)21-25)37-20-6-4-2/h11-18,21-23H,3-10,19-20H2,1-2H3. The number of benzene rings is 3. The second kappa shape index (κ2) is 13.0. The van der Waals surface area contributed by atoms with Crippen molar-refractivity contribution >= 4 is 0 Å². The largest absolute Gasteiger partial charge is 0.494 e. The van der Waals surface area contributed by atoms with Gasteiger partial charge < -0.3 is 9.47 Å². The molecule has 1 aliphatic carbocycles. The topological polar surface area (TPSA) is 18.5 Å². The van der Waals surface area contributed by atoms with E-state index in [0.717, 1.165) is 62.7 Å². The van der Waals surface area contributed by atoms with Gasteiger partial charge in [0.05, 0.1) is 13.2 Å². The van der Waals surface area contributed by atoms with Crippen LogP contribution in [0.2, 0.25) is 0 Å². The van der Waals surface area contributed by atoms with Gasteiger partial charge in [0.2, 0.25) is 0 Å². The lowest BCUT2D eigenvalue weighted by Crippen LogP contribution is -2.14. The summed E-state index contributed by atoms with van der Waals surface area (Å²) in [6.45, 7) is 5.32. The van der Waals surface area contributed by atoms with E-state index in [1.807, 2.05) is 6.07 Å². The third kappa shape index (κ3) is 6.68. The van der Waals surface area contributed by atoms with E-state index in [1.165, 1.54) is 0 Å². The Labute approximate surface area is 218 Å². The summed E-state index contributed by atoms with van der Waals surface area (Å²) >= 11 is 0. The van der Waals surface area contributed by atoms with Gasteiger partial charge in [0.15, 0.2) is 23.2 Å². The molecule has 1 fully saturated rings. The summed E-state index contributed by atoms with van der Waals surface area (Å²) in [5.41, 5.74) is 2.26. The van der Waals surface area contributed by atoms with Crippen molar-refractivity contribution in [1.82, 2.24) is 0 Å². The Morgan fingerprint density at radius 1 is 0.703 bits per heavy atom. The SMILES string of the molecule is CCCCOc1ccc(-c2ccc(C3CCC(c4ccc(OCCCC)c(F)c4)CC3)c(F)c2F)cc1. The predicted molar refractivity (Wildman–Crippen MR) is 143 cm³/mol. The van der Waals surface area contributed by atoms with E-state index in [0.29, 0.717) is 30.1 Å². The number of ether oxygens (including phenoxy) is 2. The van der Waals surface area contributed by atoms with E-state index in [4.69, 9.17) is 9.47 Å². The first-order valence-corrected chi connectivity index (χ1v) is 13.6. The van der Waals surface area contributed by atoms with Gasteiger partial charge in [-0.1, -0.05) is 57.0 Å². The van der Waals surface area contributed by atoms with Crippen LogP contribution in [-0.2, 0) is 0 Å². The number of halogens is 3. The molecule has 5 heteroatoms. The third-order valence-electron chi connectivity index (χ3n) is 7.39. The van der Waals surface area contributed by atoms with Gasteiger partial charge in [-0.25, -0.2) is 13.2 Å². The van der Waals surface area contributed by atoms with Crippen LogP contribution in [0.25, 0.3) is 11.1 Å². The van der Waals surface area contributed by atoms with Crippen molar-refractivity contribution in [1.29, 1.82) is 0 Å². The Kier molecular flexibility index (Phi) is 9.54. The zero-order chi connectivity index (χ0) is 26.2. The Hall–Kier alpha value is -2.95. The molecular formula is C32H37F3O2. The zero-order valence-electron chi connectivity index (χ0n) is 21.9. The van der Waals surface area contributed by atoms with Crippen LogP contribution in [0.5, 0.6) is 11.5 Å². The molecule has 198 valence electrons. The predicted octanol–water partition coefficient (Wildman–Crippen LogP) is 9.57. The molecule has 0 N–H and O–H groups in total. The second-order valence-electron chi connectivity index (χ2n) is 10.00. The van der Waals surface area contributed by atoms with Crippen LogP contribution < -0.4 is 9.47 Å². The lowest BCUT2D eigenvalue weighted by atomic mass is 9.76. The molecule has 0 unspecified atom stereocenters. The molecule has 0 bridgehead atoms. The van der Waals surface area contributed by atoms with E-state index in [9.17, 15) is 4.39 Å². The van der Waals surface area contributed by atoms with Crippen molar-refractivity contribution in [2.45, 2.75) is 77.0 Å². The first kappa shape index (κ1) is 27.1. The van der Waals surface area contributed by atoms with Crippen LogP contribution in [0.1, 0.15) is 88.2 Å². The highest BCUT2D eigenvalue weighted by molar-refractivity contribution is 5.65. The summed E-state index contributed by atoms with van der Waals surface area (Å²) in [5, 5.41) is 0. The molecule has 1 saturated carbocycles. The number of hydrogen-bond acceptors (Lipinski definition) is 2. The van der Waals surface area contributed by atoms with Gasteiger partial charge in [0.25, 0.3) is 0 Å². The van der Waals surface area contributed by atoms with Crippen LogP contribution in [0.15, 0.2) is 54.6 Å². The Balaban J connectivity index is 1.39. The average molecular weight is 511 g/mol. The molecule has 0 aliphatic heterocycles. The molecule has 0 spiro atoms.